The fourth-order valence-electron chi connectivity index (χ4n) is 1.97. The Kier molecular flexibility index (Phi) is 2.53. The predicted molar refractivity (Wildman–Crippen MR) is 56.5 cm³/mol. The number of amides is 1. The highest BCUT2D eigenvalue weighted by Gasteiger charge is 2.18. The van der Waals surface area contributed by atoms with Gasteiger partial charge in [0.05, 0.1) is 0 Å². The van der Waals surface area contributed by atoms with Crippen molar-refractivity contribution in [2.45, 2.75) is 26.2 Å². The summed E-state index contributed by atoms with van der Waals surface area (Å²) in [5.41, 5.74) is 3.78. The molecule has 74 valence electrons. The molecule has 0 aromatic carbocycles. The topological polar surface area (TPSA) is 20.3 Å². The van der Waals surface area contributed by atoms with Crippen molar-refractivity contribution in [3.63, 3.8) is 0 Å². The molecule has 1 saturated heterocycles. The first kappa shape index (κ1) is 9.25. The molecule has 0 bridgehead atoms. The number of carbonyl (C=O) groups is 1. The summed E-state index contributed by atoms with van der Waals surface area (Å²) in [6.45, 7) is 2.98. The maximum absolute atomic E-state index is 10.8. The maximum atomic E-state index is 10.8. The molecule has 2 nitrogen and oxygen atoms in total. The number of fused-ring (bicyclic) bond motifs is 1. The Morgan fingerprint density at radius 1 is 1.43 bits per heavy atom. The molecule has 0 spiro atoms. The molecule has 0 saturated carbocycles. The highest BCUT2D eigenvalue weighted by atomic mass is 16.1. The number of likely N-dealkylation sites (tertiary alicyclic amines) is 1. The molecule has 0 N–H and O–H groups in total. The predicted octanol–water partition coefficient (Wildman–Crippen LogP) is 2.40. The van der Waals surface area contributed by atoms with Gasteiger partial charge in [0.15, 0.2) is 0 Å². The van der Waals surface area contributed by atoms with Crippen LogP contribution in [0, 0.1) is 0 Å². The fraction of sp³-hybridized carbons (Fsp3) is 0.417. The third-order valence-electron chi connectivity index (χ3n) is 2.81. The number of rotatable bonds is 1. The number of piperidine rings is 1. The monoisotopic (exact) mass is 189 g/mol. The summed E-state index contributed by atoms with van der Waals surface area (Å²) in [6.07, 6.45) is 10.6. The van der Waals surface area contributed by atoms with E-state index in [4.69, 9.17) is 0 Å². The van der Waals surface area contributed by atoms with E-state index >= 15 is 0 Å². The van der Waals surface area contributed by atoms with Crippen LogP contribution in [-0.4, -0.2) is 17.9 Å². The van der Waals surface area contributed by atoms with Crippen LogP contribution < -0.4 is 0 Å². The van der Waals surface area contributed by atoms with Gasteiger partial charge in [0, 0.05) is 12.2 Å². The Morgan fingerprint density at radius 3 is 3.07 bits per heavy atom. The number of hydrogen-bond donors (Lipinski definition) is 0. The second-order valence-corrected chi connectivity index (χ2v) is 3.90. The van der Waals surface area contributed by atoms with E-state index in [0.29, 0.717) is 0 Å². The zero-order chi connectivity index (χ0) is 9.97. The van der Waals surface area contributed by atoms with E-state index in [1.165, 1.54) is 11.1 Å². The van der Waals surface area contributed by atoms with Crippen molar-refractivity contribution >= 4 is 6.41 Å². The first-order valence-electron chi connectivity index (χ1n) is 5.10. The van der Waals surface area contributed by atoms with Gasteiger partial charge in [0.1, 0.15) is 0 Å². The molecule has 2 aliphatic rings. The van der Waals surface area contributed by atoms with Crippen LogP contribution in [0.15, 0.2) is 35.1 Å². The van der Waals surface area contributed by atoms with Crippen molar-refractivity contribution in [2.24, 2.45) is 0 Å². The van der Waals surface area contributed by atoms with Gasteiger partial charge in [-0.3, -0.25) is 4.79 Å². The minimum Gasteiger partial charge on any atom is -0.315 e. The van der Waals surface area contributed by atoms with Gasteiger partial charge in [-0.1, -0.05) is 17.7 Å². The number of carbonyl (C=O) groups excluding carboxylic acids is 1. The third-order valence-corrected chi connectivity index (χ3v) is 2.81. The minimum absolute atomic E-state index is 0.861. The molecule has 1 heterocycles. The highest BCUT2D eigenvalue weighted by molar-refractivity contribution is 5.56. The van der Waals surface area contributed by atoms with E-state index in [2.05, 4.69) is 25.2 Å². The molecule has 0 atom stereocenters. The van der Waals surface area contributed by atoms with Crippen LogP contribution in [0.2, 0.25) is 0 Å². The summed E-state index contributed by atoms with van der Waals surface area (Å²) in [7, 11) is 0. The van der Waals surface area contributed by atoms with Crippen LogP contribution in [0.5, 0.6) is 0 Å². The van der Waals surface area contributed by atoms with Crippen molar-refractivity contribution in [3.05, 3.63) is 35.1 Å². The SMILES string of the molecule is CC1=CC=C2C(=CC1)CCCN2C=O. The van der Waals surface area contributed by atoms with Gasteiger partial charge in [0.25, 0.3) is 0 Å². The lowest BCUT2D eigenvalue weighted by molar-refractivity contribution is -0.116. The molecule has 1 fully saturated rings. The van der Waals surface area contributed by atoms with Gasteiger partial charge < -0.3 is 4.90 Å². The van der Waals surface area contributed by atoms with Crippen LogP contribution in [0.4, 0.5) is 0 Å². The number of allylic oxidation sites excluding steroid dienone is 5. The molecular weight excluding hydrogens is 174 g/mol. The smallest absolute Gasteiger partial charge is 0.214 e. The van der Waals surface area contributed by atoms with Crippen molar-refractivity contribution in [1.82, 2.24) is 4.90 Å². The minimum atomic E-state index is 0.861. The zero-order valence-corrected chi connectivity index (χ0v) is 8.49. The second-order valence-electron chi connectivity index (χ2n) is 3.90. The van der Waals surface area contributed by atoms with Crippen LogP contribution in [0.3, 0.4) is 0 Å². The summed E-state index contributed by atoms with van der Waals surface area (Å²) in [4.78, 5) is 12.7. The van der Waals surface area contributed by atoms with E-state index in [1.54, 1.807) is 0 Å². The summed E-state index contributed by atoms with van der Waals surface area (Å²) < 4.78 is 0. The van der Waals surface area contributed by atoms with Crippen molar-refractivity contribution in [3.8, 4) is 0 Å². The first-order valence-corrected chi connectivity index (χ1v) is 5.10. The summed E-state index contributed by atoms with van der Waals surface area (Å²) in [6, 6.07) is 0. The molecule has 0 aromatic rings. The molecule has 1 aliphatic heterocycles. The quantitative estimate of drug-likeness (QED) is 0.580. The largest absolute Gasteiger partial charge is 0.315 e. The highest BCUT2D eigenvalue weighted by Crippen LogP contribution is 2.28. The number of nitrogens with zero attached hydrogens (tertiary/aromatic N) is 1. The van der Waals surface area contributed by atoms with Gasteiger partial charge in [-0.15, -0.1) is 0 Å². The lowest BCUT2D eigenvalue weighted by Crippen LogP contribution is -2.27. The van der Waals surface area contributed by atoms with Crippen molar-refractivity contribution in [1.29, 1.82) is 0 Å². The van der Waals surface area contributed by atoms with Crippen LogP contribution in [0.25, 0.3) is 0 Å². The molecule has 2 rings (SSSR count). The van der Waals surface area contributed by atoms with Gasteiger partial charge in [0.2, 0.25) is 6.41 Å². The Labute approximate surface area is 84.6 Å². The van der Waals surface area contributed by atoms with E-state index in [9.17, 15) is 4.79 Å². The molecule has 0 unspecified atom stereocenters. The van der Waals surface area contributed by atoms with E-state index in [-0.39, 0.29) is 0 Å². The van der Waals surface area contributed by atoms with Gasteiger partial charge in [-0.05, 0) is 37.8 Å². The molecule has 1 aliphatic carbocycles. The van der Waals surface area contributed by atoms with Gasteiger partial charge in [-0.25, -0.2) is 0 Å². The van der Waals surface area contributed by atoms with E-state index in [0.717, 1.165) is 37.9 Å². The third kappa shape index (κ3) is 1.65. The standard InChI is InChI=1S/C12H15NO/c1-10-4-6-11-3-2-8-13(9-14)12(11)7-5-10/h5-7,9H,2-4,8H2,1H3. The summed E-state index contributed by atoms with van der Waals surface area (Å²) >= 11 is 0. The fourth-order valence-corrected chi connectivity index (χ4v) is 1.97. The molecule has 2 heteroatoms. The molecule has 0 aromatic heterocycles. The Hall–Kier alpha value is -1.31. The van der Waals surface area contributed by atoms with E-state index in [1.807, 2.05) is 4.90 Å². The average Bonchev–Trinajstić information content (AvgIpc) is 2.41. The normalized spacial score (nSPS) is 21.5. The summed E-state index contributed by atoms with van der Waals surface area (Å²) in [5, 5.41) is 0. The Bertz CT molecular complexity index is 336. The van der Waals surface area contributed by atoms with Gasteiger partial charge in [-0.2, -0.15) is 0 Å². The van der Waals surface area contributed by atoms with Crippen LogP contribution in [-0.2, 0) is 4.79 Å². The lowest BCUT2D eigenvalue weighted by atomic mass is 10.0. The summed E-state index contributed by atoms with van der Waals surface area (Å²) in [5.74, 6) is 0. The second kappa shape index (κ2) is 3.82. The van der Waals surface area contributed by atoms with Gasteiger partial charge >= 0.3 is 0 Å². The maximum Gasteiger partial charge on any atom is 0.214 e. The number of hydrogen-bond acceptors (Lipinski definition) is 1. The molecule has 14 heavy (non-hydrogen) atoms. The van der Waals surface area contributed by atoms with E-state index < -0.39 is 0 Å². The molecular formula is C12H15NO. The van der Waals surface area contributed by atoms with Crippen molar-refractivity contribution < 1.29 is 4.79 Å². The zero-order valence-electron chi connectivity index (χ0n) is 8.49. The van der Waals surface area contributed by atoms with Crippen LogP contribution in [0.1, 0.15) is 26.2 Å². The molecule has 1 amide bonds. The first-order chi connectivity index (χ1) is 6.81. The molecule has 0 radical (unpaired) electrons. The van der Waals surface area contributed by atoms with Crippen molar-refractivity contribution in [2.75, 3.05) is 6.54 Å². The average molecular weight is 189 g/mol. The Balaban J connectivity index is 2.35. The van der Waals surface area contributed by atoms with Crippen LogP contribution >= 0.6 is 0 Å². The lowest BCUT2D eigenvalue weighted by Gasteiger charge is -2.27. The Morgan fingerprint density at radius 2 is 2.29 bits per heavy atom.